The van der Waals surface area contributed by atoms with Gasteiger partial charge in [0.15, 0.2) is 5.78 Å². The molecule has 178 valence electrons. The zero-order valence-electron chi connectivity index (χ0n) is 18.8. The van der Waals surface area contributed by atoms with Gasteiger partial charge >= 0.3 is 5.69 Å². The topological polar surface area (TPSA) is 121 Å². The van der Waals surface area contributed by atoms with Crippen LogP contribution in [0.4, 0.5) is 0 Å². The van der Waals surface area contributed by atoms with E-state index in [9.17, 15) is 19.5 Å². The predicted octanol–water partition coefficient (Wildman–Crippen LogP) is 2.50. The molecule has 0 saturated carbocycles. The van der Waals surface area contributed by atoms with Gasteiger partial charge in [0.1, 0.15) is 23.6 Å². The number of rotatable bonds is 7. The summed E-state index contributed by atoms with van der Waals surface area (Å²) >= 11 is 5.90. The van der Waals surface area contributed by atoms with Gasteiger partial charge in [0.2, 0.25) is 5.88 Å². The number of allylic oxidation sites excluding steroid dienone is 1. The van der Waals surface area contributed by atoms with Crippen LogP contribution in [0.2, 0.25) is 5.02 Å². The molecule has 0 bridgehead atoms. The van der Waals surface area contributed by atoms with Gasteiger partial charge < -0.3 is 9.84 Å². The van der Waals surface area contributed by atoms with Gasteiger partial charge in [0.25, 0.3) is 5.56 Å². The summed E-state index contributed by atoms with van der Waals surface area (Å²) in [7, 11) is 2.51. The number of hydrogen-bond acceptors (Lipinski definition) is 7. The lowest BCUT2D eigenvalue weighted by Crippen LogP contribution is -2.39. The van der Waals surface area contributed by atoms with Crippen LogP contribution < -0.4 is 16.0 Å². The van der Waals surface area contributed by atoms with Gasteiger partial charge in [-0.1, -0.05) is 35.0 Å². The minimum atomic E-state index is -0.864. The third-order valence-corrected chi connectivity index (χ3v) is 5.46. The lowest BCUT2D eigenvalue weighted by molar-refractivity contribution is 0.104. The smallest absolute Gasteiger partial charge is 0.333 e. The molecule has 2 heterocycles. The summed E-state index contributed by atoms with van der Waals surface area (Å²) in [4.78, 5) is 36.6. The van der Waals surface area contributed by atoms with Gasteiger partial charge in [0.05, 0.1) is 11.9 Å². The minimum Gasteiger partial charge on any atom is -0.494 e. The second-order valence-electron chi connectivity index (χ2n) is 7.59. The summed E-state index contributed by atoms with van der Waals surface area (Å²) in [5, 5.41) is 18.9. The number of ether oxygens (including phenoxy) is 1. The van der Waals surface area contributed by atoms with E-state index in [0.29, 0.717) is 22.0 Å². The second-order valence-corrected chi connectivity index (χ2v) is 8.03. The third-order valence-electron chi connectivity index (χ3n) is 5.21. The van der Waals surface area contributed by atoms with E-state index in [1.165, 1.54) is 20.2 Å². The molecule has 0 aliphatic rings. The molecule has 35 heavy (non-hydrogen) atoms. The lowest BCUT2D eigenvalue weighted by Gasteiger charge is -2.08. The monoisotopic (exact) mass is 493 g/mol. The van der Waals surface area contributed by atoms with Crippen molar-refractivity contribution in [1.29, 1.82) is 0 Å². The van der Waals surface area contributed by atoms with Crippen molar-refractivity contribution in [3.8, 4) is 17.3 Å². The van der Waals surface area contributed by atoms with Crippen molar-refractivity contribution < 1.29 is 14.6 Å². The standard InChI is InChI=1S/C24H20ClN5O5/c1-28-22(32)21(23(33)29(2)24(28)34)20(31)12-5-15-3-10-19(11-4-15)35-14-17-13-30(27-26-17)18-8-6-16(25)7-9-18/h3-13,32H,14H2,1-2H3/b12-5+. The molecule has 0 amide bonds. The van der Waals surface area contributed by atoms with E-state index in [-0.39, 0.29) is 6.61 Å². The highest BCUT2D eigenvalue weighted by atomic mass is 35.5. The molecule has 0 atom stereocenters. The molecule has 10 nitrogen and oxygen atoms in total. The highest BCUT2D eigenvalue weighted by molar-refractivity contribution is 6.30. The van der Waals surface area contributed by atoms with E-state index < -0.39 is 28.5 Å². The van der Waals surface area contributed by atoms with Crippen LogP contribution in [0, 0.1) is 0 Å². The van der Waals surface area contributed by atoms with Gasteiger partial charge in [-0.15, -0.1) is 5.10 Å². The minimum absolute atomic E-state index is 0.205. The Morgan fingerprint density at radius 3 is 2.43 bits per heavy atom. The van der Waals surface area contributed by atoms with Crippen LogP contribution in [0.5, 0.6) is 11.6 Å². The van der Waals surface area contributed by atoms with Crippen molar-refractivity contribution in [2.75, 3.05) is 0 Å². The zero-order valence-corrected chi connectivity index (χ0v) is 19.5. The van der Waals surface area contributed by atoms with E-state index in [2.05, 4.69) is 10.3 Å². The quantitative estimate of drug-likeness (QED) is 0.310. The van der Waals surface area contributed by atoms with E-state index in [0.717, 1.165) is 20.9 Å². The number of carbonyl (C=O) groups excluding carboxylic acids is 1. The summed E-state index contributed by atoms with van der Waals surface area (Å²) < 4.78 is 8.96. The number of hydrogen-bond donors (Lipinski definition) is 1. The fourth-order valence-electron chi connectivity index (χ4n) is 3.22. The Morgan fingerprint density at radius 1 is 1.06 bits per heavy atom. The molecule has 0 radical (unpaired) electrons. The number of aromatic hydroxyl groups is 1. The molecule has 0 saturated heterocycles. The maximum atomic E-state index is 12.5. The lowest BCUT2D eigenvalue weighted by atomic mass is 10.1. The average Bonchev–Trinajstić information content (AvgIpc) is 3.34. The van der Waals surface area contributed by atoms with Crippen molar-refractivity contribution >= 4 is 23.5 Å². The summed E-state index contributed by atoms with van der Waals surface area (Å²) in [6.45, 7) is 0.205. The summed E-state index contributed by atoms with van der Waals surface area (Å²) in [6, 6.07) is 14.1. The molecule has 11 heteroatoms. The number of aromatic nitrogens is 5. The first-order valence-electron chi connectivity index (χ1n) is 10.4. The number of nitrogens with zero attached hydrogens (tertiary/aromatic N) is 5. The summed E-state index contributed by atoms with van der Waals surface area (Å²) in [5.74, 6) is -0.814. The van der Waals surface area contributed by atoms with Crippen LogP contribution in [-0.4, -0.2) is 35.0 Å². The van der Waals surface area contributed by atoms with Crippen molar-refractivity contribution in [3.05, 3.63) is 103 Å². The van der Waals surface area contributed by atoms with Crippen molar-refractivity contribution in [2.24, 2.45) is 14.1 Å². The molecule has 0 spiro atoms. The van der Waals surface area contributed by atoms with Gasteiger partial charge in [-0.2, -0.15) is 0 Å². The molecule has 2 aromatic carbocycles. The number of benzene rings is 2. The fraction of sp³-hybridized carbons (Fsp3) is 0.125. The molecule has 4 rings (SSSR count). The Morgan fingerprint density at radius 2 is 1.74 bits per heavy atom. The Balaban J connectivity index is 1.40. The molecule has 0 fully saturated rings. The molecule has 0 unspecified atom stereocenters. The fourth-order valence-corrected chi connectivity index (χ4v) is 3.35. The van der Waals surface area contributed by atoms with Crippen molar-refractivity contribution in [2.45, 2.75) is 6.61 Å². The Hall–Kier alpha value is -4.44. The molecular formula is C24H20ClN5O5. The predicted molar refractivity (Wildman–Crippen MR) is 129 cm³/mol. The maximum absolute atomic E-state index is 12.5. The molecule has 0 aliphatic carbocycles. The van der Waals surface area contributed by atoms with Crippen LogP contribution in [0.15, 0.2) is 70.4 Å². The van der Waals surface area contributed by atoms with Crippen LogP contribution >= 0.6 is 11.6 Å². The first-order chi connectivity index (χ1) is 16.7. The van der Waals surface area contributed by atoms with Gasteiger partial charge in [0, 0.05) is 19.1 Å². The largest absolute Gasteiger partial charge is 0.494 e. The van der Waals surface area contributed by atoms with Gasteiger partial charge in [-0.05, 0) is 48.0 Å². The van der Waals surface area contributed by atoms with Crippen molar-refractivity contribution in [3.63, 3.8) is 0 Å². The average molecular weight is 494 g/mol. The van der Waals surface area contributed by atoms with Crippen LogP contribution in [0.25, 0.3) is 11.8 Å². The van der Waals surface area contributed by atoms with Crippen LogP contribution in [0.1, 0.15) is 21.6 Å². The zero-order chi connectivity index (χ0) is 25.1. The highest BCUT2D eigenvalue weighted by Gasteiger charge is 2.19. The van der Waals surface area contributed by atoms with E-state index >= 15 is 0 Å². The second kappa shape index (κ2) is 9.82. The maximum Gasteiger partial charge on any atom is 0.333 e. The SMILES string of the molecule is Cn1c(O)c(C(=O)/C=C/c2ccc(OCc3cn(-c4ccc(Cl)cc4)nn3)cc2)c(=O)n(C)c1=O. The highest BCUT2D eigenvalue weighted by Crippen LogP contribution is 2.17. The summed E-state index contributed by atoms with van der Waals surface area (Å²) in [6.07, 6.45) is 4.41. The van der Waals surface area contributed by atoms with Crippen molar-refractivity contribution in [1.82, 2.24) is 24.1 Å². The Kier molecular flexibility index (Phi) is 6.65. The Bertz CT molecular complexity index is 1530. The number of carbonyl (C=O) groups is 1. The molecule has 2 aromatic heterocycles. The third kappa shape index (κ3) is 5.07. The molecule has 0 aliphatic heterocycles. The summed E-state index contributed by atoms with van der Waals surface area (Å²) in [5.41, 5.74) is 0.0574. The normalized spacial score (nSPS) is 11.2. The molecule has 1 N–H and O–H groups in total. The van der Waals surface area contributed by atoms with Gasteiger partial charge in [-0.25, -0.2) is 9.48 Å². The Labute approximate surface area is 203 Å². The first-order valence-corrected chi connectivity index (χ1v) is 10.7. The molecular weight excluding hydrogens is 474 g/mol. The first kappa shape index (κ1) is 23.7. The van der Waals surface area contributed by atoms with Crippen LogP contribution in [-0.2, 0) is 20.7 Å². The number of halogens is 1. The van der Waals surface area contributed by atoms with Crippen LogP contribution in [0.3, 0.4) is 0 Å². The van der Waals surface area contributed by atoms with E-state index in [1.54, 1.807) is 47.3 Å². The van der Waals surface area contributed by atoms with E-state index in [4.69, 9.17) is 16.3 Å². The number of ketones is 1. The molecule has 4 aromatic rings. The van der Waals surface area contributed by atoms with Gasteiger partial charge in [-0.3, -0.25) is 18.7 Å². The van der Waals surface area contributed by atoms with E-state index in [1.807, 2.05) is 12.1 Å².